The fraction of sp³-hybridized carbons (Fsp3) is 0.609. The SMILES string of the molecule is Cc1ccccc1C(=O)NC1CCN(C(=O)C2CC(=O)N(C3CCCC3)C2)CC1. The molecule has 1 aromatic carbocycles. The zero-order chi connectivity index (χ0) is 20.4. The summed E-state index contributed by atoms with van der Waals surface area (Å²) < 4.78 is 0. The topological polar surface area (TPSA) is 69.7 Å². The van der Waals surface area contributed by atoms with Crippen molar-refractivity contribution in [2.24, 2.45) is 5.92 Å². The molecule has 6 heteroatoms. The summed E-state index contributed by atoms with van der Waals surface area (Å²) in [5.41, 5.74) is 1.68. The number of carbonyl (C=O) groups excluding carboxylic acids is 3. The van der Waals surface area contributed by atoms with Crippen LogP contribution in [0.3, 0.4) is 0 Å². The molecule has 1 N–H and O–H groups in total. The van der Waals surface area contributed by atoms with Crippen molar-refractivity contribution in [3.05, 3.63) is 35.4 Å². The second kappa shape index (κ2) is 8.56. The van der Waals surface area contributed by atoms with Crippen LogP contribution < -0.4 is 5.32 Å². The van der Waals surface area contributed by atoms with E-state index in [1.165, 1.54) is 12.8 Å². The number of amides is 3. The first kappa shape index (κ1) is 19.9. The molecule has 6 nitrogen and oxygen atoms in total. The molecule has 0 spiro atoms. The third-order valence-corrected chi connectivity index (χ3v) is 6.80. The highest BCUT2D eigenvalue weighted by Crippen LogP contribution is 2.30. The molecule has 4 rings (SSSR count). The van der Waals surface area contributed by atoms with Gasteiger partial charge in [-0.3, -0.25) is 14.4 Å². The van der Waals surface area contributed by atoms with Crippen molar-refractivity contribution in [1.29, 1.82) is 0 Å². The molecule has 29 heavy (non-hydrogen) atoms. The smallest absolute Gasteiger partial charge is 0.251 e. The molecule has 2 aliphatic heterocycles. The Kier molecular flexibility index (Phi) is 5.88. The molecule has 1 saturated carbocycles. The van der Waals surface area contributed by atoms with Crippen LogP contribution in [0, 0.1) is 12.8 Å². The van der Waals surface area contributed by atoms with Gasteiger partial charge in [0.15, 0.2) is 0 Å². The lowest BCUT2D eigenvalue weighted by Gasteiger charge is -2.34. The minimum absolute atomic E-state index is 0.0403. The molecular formula is C23H31N3O3. The summed E-state index contributed by atoms with van der Waals surface area (Å²) in [5, 5.41) is 3.12. The van der Waals surface area contributed by atoms with Crippen molar-refractivity contribution in [2.45, 2.75) is 64.0 Å². The van der Waals surface area contributed by atoms with Gasteiger partial charge in [0, 0.05) is 43.7 Å². The molecule has 2 heterocycles. The average Bonchev–Trinajstić information content (AvgIpc) is 3.38. The lowest BCUT2D eigenvalue weighted by atomic mass is 10.0. The Morgan fingerprint density at radius 2 is 1.72 bits per heavy atom. The number of carbonyl (C=O) groups is 3. The van der Waals surface area contributed by atoms with Gasteiger partial charge in [-0.05, 0) is 44.2 Å². The number of likely N-dealkylation sites (tertiary alicyclic amines) is 2. The fourth-order valence-corrected chi connectivity index (χ4v) is 5.06. The second-order valence-corrected chi connectivity index (χ2v) is 8.77. The molecule has 1 atom stereocenters. The molecule has 1 aromatic rings. The quantitative estimate of drug-likeness (QED) is 0.849. The van der Waals surface area contributed by atoms with Crippen molar-refractivity contribution in [3.8, 4) is 0 Å². The van der Waals surface area contributed by atoms with E-state index >= 15 is 0 Å². The Morgan fingerprint density at radius 1 is 1.03 bits per heavy atom. The lowest BCUT2D eigenvalue weighted by molar-refractivity contribution is -0.136. The van der Waals surface area contributed by atoms with Crippen molar-refractivity contribution in [1.82, 2.24) is 15.1 Å². The van der Waals surface area contributed by atoms with Crippen LogP contribution in [0.4, 0.5) is 0 Å². The van der Waals surface area contributed by atoms with Crippen molar-refractivity contribution in [2.75, 3.05) is 19.6 Å². The Morgan fingerprint density at radius 3 is 2.41 bits per heavy atom. The number of hydrogen-bond acceptors (Lipinski definition) is 3. The van der Waals surface area contributed by atoms with E-state index in [-0.39, 0.29) is 29.7 Å². The first-order valence-electron chi connectivity index (χ1n) is 11.0. The van der Waals surface area contributed by atoms with Gasteiger partial charge in [-0.1, -0.05) is 31.0 Å². The molecule has 0 bridgehead atoms. The number of nitrogens with zero attached hydrogens (tertiary/aromatic N) is 2. The third kappa shape index (κ3) is 4.31. The average molecular weight is 398 g/mol. The molecule has 1 aliphatic carbocycles. The monoisotopic (exact) mass is 397 g/mol. The van der Waals surface area contributed by atoms with E-state index in [9.17, 15) is 14.4 Å². The molecule has 2 saturated heterocycles. The van der Waals surface area contributed by atoms with Gasteiger partial charge < -0.3 is 15.1 Å². The lowest BCUT2D eigenvalue weighted by Crippen LogP contribution is -2.48. The highest BCUT2D eigenvalue weighted by atomic mass is 16.2. The van der Waals surface area contributed by atoms with E-state index in [2.05, 4.69) is 5.32 Å². The van der Waals surface area contributed by atoms with Crippen LogP contribution in [-0.2, 0) is 9.59 Å². The zero-order valence-corrected chi connectivity index (χ0v) is 17.2. The Labute approximate surface area is 172 Å². The van der Waals surface area contributed by atoms with Gasteiger partial charge in [-0.15, -0.1) is 0 Å². The number of aryl methyl sites for hydroxylation is 1. The summed E-state index contributed by atoms with van der Waals surface area (Å²) in [6.07, 6.45) is 6.42. The first-order chi connectivity index (χ1) is 14.0. The third-order valence-electron chi connectivity index (χ3n) is 6.80. The van der Waals surface area contributed by atoms with Crippen LogP contribution in [0.15, 0.2) is 24.3 Å². The maximum Gasteiger partial charge on any atom is 0.251 e. The van der Waals surface area contributed by atoms with E-state index in [1.807, 2.05) is 41.0 Å². The van der Waals surface area contributed by atoms with Crippen LogP contribution in [0.1, 0.15) is 60.9 Å². The van der Waals surface area contributed by atoms with Crippen molar-refractivity contribution in [3.63, 3.8) is 0 Å². The summed E-state index contributed by atoms with van der Waals surface area (Å²) >= 11 is 0. The van der Waals surface area contributed by atoms with Gasteiger partial charge in [0.2, 0.25) is 11.8 Å². The molecule has 3 fully saturated rings. The van der Waals surface area contributed by atoms with E-state index in [1.54, 1.807) is 0 Å². The largest absolute Gasteiger partial charge is 0.349 e. The molecule has 3 aliphatic rings. The predicted molar refractivity (Wildman–Crippen MR) is 110 cm³/mol. The molecular weight excluding hydrogens is 366 g/mol. The number of piperidine rings is 1. The zero-order valence-electron chi connectivity index (χ0n) is 17.2. The second-order valence-electron chi connectivity index (χ2n) is 8.77. The van der Waals surface area contributed by atoms with E-state index < -0.39 is 0 Å². The van der Waals surface area contributed by atoms with Crippen LogP contribution in [0.2, 0.25) is 0 Å². The molecule has 0 radical (unpaired) electrons. The molecule has 1 unspecified atom stereocenters. The maximum absolute atomic E-state index is 13.0. The minimum atomic E-state index is -0.193. The van der Waals surface area contributed by atoms with Crippen LogP contribution in [0.5, 0.6) is 0 Å². The summed E-state index contributed by atoms with van der Waals surface area (Å²) in [6.45, 7) is 3.82. The predicted octanol–water partition coefficient (Wildman–Crippen LogP) is 2.51. The first-order valence-corrected chi connectivity index (χ1v) is 11.0. The Balaban J connectivity index is 1.27. The highest BCUT2D eigenvalue weighted by molar-refractivity contribution is 5.95. The molecule has 156 valence electrons. The number of rotatable bonds is 4. The standard InChI is InChI=1S/C23H31N3O3/c1-16-6-2-5-9-20(16)22(28)24-18-10-12-25(13-11-18)23(29)17-14-21(27)26(15-17)19-7-3-4-8-19/h2,5-6,9,17-19H,3-4,7-8,10-15H2,1H3,(H,24,28). The van der Waals surface area contributed by atoms with E-state index in [0.29, 0.717) is 37.7 Å². The van der Waals surface area contributed by atoms with Crippen molar-refractivity contribution < 1.29 is 14.4 Å². The molecule has 0 aromatic heterocycles. The van der Waals surface area contributed by atoms with Gasteiger partial charge in [0.05, 0.1) is 5.92 Å². The van der Waals surface area contributed by atoms with Crippen molar-refractivity contribution >= 4 is 17.7 Å². The summed E-state index contributed by atoms with van der Waals surface area (Å²) in [5.74, 6) is 0.0286. The van der Waals surface area contributed by atoms with Crippen LogP contribution in [-0.4, -0.2) is 59.2 Å². The minimum Gasteiger partial charge on any atom is -0.349 e. The highest BCUT2D eigenvalue weighted by Gasteiger charge is 2.40. The summed E-state index contributed by atoms with van der Waals surface area (Å²) in [7, 11) is 0. The fourth-order valence-electron chi connectivity index (χ4n) is 5.06. The van der Waals surface area contributed by atoms with Crippen LogP contribution in [0.25, 0.3) is 0 Å². The Bertz CT molecular complexity index is 779. The number of benzene rings is 1. The van der Waals surface area contributed by atoms with E-state index in [4.69, 9.17) is 0 Å². The normalized spacial score (nSPS) is 23.6. The maximum atomic E-state index is 13.0. The van der Waals surface area contributed by atoms with Gasteiger partial charge >= 0.3 is 0 Å². The van der Waals surface area contributed by atoms with Gasteiger partial charge in [-0.25, -0.2) is 0 Å². The van der Waals surface area contributed by atoms with Crippen LogP contribution >= 0.6 is 0 Å². The van der Waals surface area contributed by atoms with Gasteiger partial charge in [0.1, 0.15) is 0 Å². The molecule has 3 amide bonds. The number of hydrogen-bond donors (Lipinski definition) is 1. The van der Waals surface area contributed by atoms with Gasteiger partial charge in [-0.2, -0.15) is 0 Å². The van der Waals surface area contributed by atoms with Gasteiger partial charge in [0.25, 0.3) is 5.91 Å². The number of nitrogens with one attached hydrogen (secondary N) is 1. The summed E-state index contributed by atoms with van der Waals surface area (Å²) in [6, 6.07) is 8.03. The Hall–Kier alpha value is -2.37. The van der Waals surface area contributed by atoms with E-state index in [0.717, 1.165) is 31.2 Å². The summed E-state index contributed by atoms with van der Waals surface area (Å²) in [4.78, 5) is 41.7.